The van der Waals surface area contributed by atoms with E-state index in [0.717, 1.165) is 5.57 Å². The molecule has 0 bridgehead atoms. The molecule has 0 fully saturated rings. The lowest BCUT2D eigenvalue weighted by atomic mass is 9.62. The molecule has 3 rings (SSSR count). The van der Waals surface area contributed by atoms with Crippen molar-refractivity contribution in [2.75, 3.05) is 0 Å². The van der Waals surface area contributed by atoms with Gasteiger partial charge in [-0.15, -0.1) is 0 Å². The number of nitrogens with zero attached hydrogens (tertiary/aromatic N) is 1. The molecular weight excluding hydrogens is 324 g/mol. The molecule has 2 N–H and O–H groups in total. The van der Waals surface area contributed by atoms with Crippen LogP contribution in [0.3, 0.4) is 0 Å². The third-order valence-electron chi connectivity index (χ3n) is 5.80. The van der Waals surface area contributed by atoms with Crippen molar-refractivity contribution in [1.82, 2.24) is 9.97 Å². The van der Waals surface area contributed by atoms with Gasteiger partial charge in [0.25, 0.3) is 0 Å². The second kappa shape index (κ2) is 6.11. The number of carboxylic acid groups (broad SMARTS) is 1. The van der Waals surface area contributed by atoms with Gasteiger partial charge in [0, 0.05) is 0 Å². The molecule has 1 aliphatic carbocycles. The Morgan fingerprint density at radius 2 is 1.73 bits per heavy atom. The number of aromatic nitrogens is 2. The van der Waals surface area contributed by atoms with Crippen LogP contribution in [-0.2, 0) is 10.8 Å². The van der Waals surface area contributed by atoms with Gasteiger partial charge in [-0.25, -0.2) is 9.78 Å². The van der Waals surface area contributed by atoms with Crippen LogP contribution >= 0.6 is 0 Å². The van der Waals surface area contributed by atoms with E-state index >= 15 is 0 Å². The van der Waals surface area contributed by atoms with E-state index in [0.29, 0.717) is 5.82 Å². The first kappa shape index (κ1) is 18.4. The van der Waals surface area contributed by atoms with Crippen molar-refractivity contribution >= 4 is 17.6 Å². The molecule has 4 nitrogen and oxygen atoms in total. The van der Waals surface area contributed by atoms with Crippen LogP contribution in [0.1, 0.15) is 86.0 Å². The first-order chi connectivity index (χ1) is 12.0. The predicted molar refractivity (Wildman–Crippen MR) is 106 cm³/mol. The largest absolute Gasteiger partial charge is 0.477 e. The van der Waals surface area contributed by atoms with Crippen molar-refractivity contribution in [2.45, 2.75) is 65.2 Å². The number of nitrogens with one attached hydrogen (secondary N) is 1. The van der Waals surface area contributed by atoms with E-state index in [4.69, 9.17) is 5.11 Å². The minimum atomic E-state index is -0.997. The summed E-state index contributed by atoms with van der Waals surface area (Å²) in [6, 6.07) is 4.67. The summed E-state index contributed by atoms with van der Waals surface area (Å²) in [5.74, 6) is -0.430. The molecule has 4 heteroatoms. The highest BCUT2D eigenvalue weighted by Gasteiger charge is 2.37. The van der Waals surface area contributed by atoms with E-state index in [2.05, 4.69) is 63.6 Å². The van der Waals surface area contributed by atoms with E-state index in [-0.39, 0.29) is 16.5 Å². The Bertz CT molecular complexity index is 901. The van der Waals surface area contributed by atoms with Crippen LogP contribution in [0.15, 0.2) is 18.3 Å². The fourth-order valence-corrected chi connectivity index (χ4v) is 3.95. The fourth-order valence-electron chi connectivity index (χ4n) is 3.95. The van der Waals surface area contributed by atoms with Gasteiger partial charge in [-0.05, 0) is 71.4 Å². The minimum absolute atomic E-state index is 0.106. The number of carbonyl (C=O) groups is 1. The number of aryl methyl sites for hydroxylation is 1. The van der Waals surface area contributed by atoms with Crippen molar-refractivity contribution in [3.05, 3.63) is 52.1 Å². The van der Waals surface area contributed by atoms with E-state index in [9.17, 15) is 4.79 Å². The number of imidazole rings is 1. The smallest absolute Gasteiger partial charge is 0.353 e. The van der Waals surface area contributed by atoms with Gasteiger partial charge in [0.2, 0.25) is 0 Å². The van der Waals surface area contributed by atoms with Crippen molar-refractivity contribution in [3.63, 3.8) is 0 Å². The van der Waals surface area contributed by atoms with E-state index < -0.39 is 5.97 Å². The quantitative estimate of drug-likeness (QED) is 0.785. The molecule has 0 saturated carbocycles. The lowest BCUT2D eigenvalue weighted by Crippen LogP contribution is -2.34. The molecule has 0 spiro atoms. The zero-order valence-electron chi connectivity index (χ0n) is 16.5. The third-order valence-corrected chi connectivity index (χ3v) is 5.80. The summed E-state index contributed by atoms with van der Waals surface area (Å²) in [5, 5.41) is 9.04. The number of aromatic amines is 1. The Kier molecular flexibility index (Phi) is 4.33. The molecule has 1 aromatic carbocycles. The van der Waals surface area contributed by atoms with Gasteiger partial charge in [-0.3, -0.25) is 0 Å². The number of fused-ring (bicyclic) bond motifs is 1. The van der Waals surface area contributed by atoms with Gasteiger partial charge in [-0.2, -0.15) is 0 Å². The van der Waals surface area contributed by atoms with Gasteiger partial charge >= 0.3 is 5.97 Å². The number of carboxylic acids is 1. The summed E-state index contributed by atoms with van der Waals surface area (Å²) in [6.07, 6.45) is 5.65. The Labute approximate surface area is 155 Å². The third kappa shape index (κ3) is 3.20. The van der Waals surface area contributed by atoms with Crippen LogP contribution in [0.5, 0.6) is 0 Å². The number of hydrogen-bond acceptors (Lipinski definition) is 2. The molecule has 0 atom stereocenters. The summed E-state index contributed by atoms with van der Waals surface area (Å²) in [7, 11) is 0. The van der Waals surface area contributed by atoms with Crippen molar-refractivity contribution < 1.29 is 9.90 Å². The van der Waals surface area contributed by atoms with Crippen LogP contribution in [-0.4, -0.2) is 21.0 Å². The zero-order chi connectivity index (χ0) is 19.3. The first-order valence-corrected chi connectivity index (χ1v) is 9.14. The van der Waals surface area contributed by atoms with E-state index in [1.54, 1.807) is 0 Å². The van der Waals surface area contributed by atoms with Gasteiger partial charge < -0.3 is 10.1 Å². The van der Waals surface area contributed by atoms with Gasteiger partial charge in [0.05, 0.1) is 6.20 Å². The van der Waals surface area contributed by atoms with Crippen LogP contribution in [0.25, 0.3) is 11.6 Å². The number of H-pyrrole nitrogens is 1. The summed E-state index contributed by atoms with van der Waals surface area (Å²) in [5.41, 5.74) is 6.86. The summed E-state index contributed by atoms with van der Waals surface area (Å²) < 4.78 is 0. The molecule has 26 heavy (non-hydrogen) atoms. The van der Waals surface area contributed by atoms with Gasteiger partial charge in [-0.1, -0.05) is 39.8 Å². The van der Waals surface area contributed by atoms with Crippen molar-refractivity contribution in [3.8, 4) is 0 Å². The summed E-state index contributed by atoms with van der Waals surface area (Å²) in [6.45, 7) is 13.5. The molecule has 1 heterocycles. The Morgan fingerprint density at radius 1 is 1.15 bits per heavy atom. The van der Waals surface area contributed by atoms with Crippen molar-refractivity contribution in [1.29, 1.82) is 0 Å². The molecule has 0 amide bonds. The molecule has 0 aliphatic heterocycles. The fraction of sp³-hybridized carbons (Fsp3) is 0.455. The monoisotopic (exact) mass is 352 g/mol. The molecule has 1 aromatic heterocycles. The number of benzene rings is 1. The Morgan fingerprint density at radius 3 is 2.27 bits per heavy atom. The molecule has 2 aromatic rings. The van der Waals surface area contributed by atoms with Crippen molar-refractivity contribution in [2.24, 2.45) is 0 Å². The van der Waals surface area contributed by atoms with Crippen LogP contribution in [0.2, 0.25) is 0 Å². The topological polar surface area (TPSA) is 66.0 Å². The molecule has 0 unspecified atom stereocenters. The molecule has 138 valence electrons. The number of rotatable bonds is 3. The standard InChI is InChI=1S/C22H28N2O2/c1-13-9-16-17(22(5,6)8-7-21(16,3)4)11-15(13)14(2)10-19-23-12-18(24-19)20(25)26/h9-12H,7-8H2,1-6H3,(H,23,24)(H,25,26). The maximum atomic E-state index is 11.0. The average molecular weight is 352 g/mol. The van der Waals surface area contributed by atoms with Gasteiger partial charge in [0.15, 0.2) is 0 Å². The normalized spacial score (nSPS) is 18.5. The first-order valence-electron chi connectivity index (χ1n) is 9.14. The molecule has 0 radical (unpaired) electrons. The maximum absolute atomic E-state index is 11.0. The summed E-state index contributed by atoms with van der Waals surface area (Å²) >= 11 is 0. The molecule has 1 aliphatic rings. The van der Waals surface area contributed by atoms with E-state index in [1.165, 1.54) is 41.3 Å². The zero-order valence-corrected chi connectivity index (χ0v) is 16.5. The average Bonchev–Trinajstić information content (AvgIpc) is 3.00. The second-order valence-electron chi connectivity index (χ2n) is 8.80. The highest BCUT2D eigenvalue weighted by atomic mass is 16.4. The number of aromatic carboxylic acids is 1. The van der Waals surface area contributed by atoms with Crippen LogP contribution < -0.4 is 0 Å². The van der Waals surface area contributed by atoms with Crippen LogP contribution in [0, 0.1) is 6.92 Å². The Balaban J connectivity index is 2.08. The predicted octanol–water partition coefficient (Wildman–Crippen LogP) is 5.33. The summed E-state index contributed by atoms with van der Waals surface area (Å²) in [4.78, 5) is 18.0. The number of hydrogen-bond donors (Lipinski definition) is 2. The molecular formula is C22H28N2O2. The molecule has 0 saturated heterocycles. The SMILES string of the molecule is CC(=Cc1ncc(C(=O)O)[nH]1)c1cc2c(cc1C)C(C)(C)CCC2(C)C. The second-order valence-corrected chi connectivity index (χ2v) is 8.80. The van der Waals surface area contributed by atoms with Crippen LogP contribution in [0.4, 0.5) is 0 Å². The lowest BCUT2D eigenvalue weighted by Gasteiger charge is -2.42. The maximum Gasteiger partial charge on any atom is 0.353 e. The minimum Gasteiger partial charge on any atom is -0.477 e. The lowest BCUT2D eigenvalue weighted by molar-refractivity contribution is 0.0691. The van der Waals surface area contributed by atoms with Gasteiger partial charge in [0.1, 0.15) is 11.5 Å². The van der Waals surface area contributed by atoms with E-state index in [1.807, 2.05) is 6.08 Å². The highest BCUT2D eigenvalue weighted by Crippen LogP contribution is 2.47. The number of allylic oxidation sites excluding steroid dienone is 1. The highest BCUT2D eigenvalue weighted by molar-refractivity contribution is 5.86. The Hall–Kier alpha value is -2.36.